The molecule has 4 aromatic carbocycles. The highest BCUT2D eigenvalue weighted by Gasteiger charge is 2.45. The van der Waals surface area contributed by atoms with Gasteiger partial charge in [0, 0.05) is 41.3 Å². The van der Waals surface area contributed by atoms with E-state index < -0.39 is 5.92 Å². The van der Waals surface area contributed by atoms with Crippen LogP contribution >= 0.6 is 0 Å². The van der Waals surface area contributed by atoms with Crippen molar-refractivity contribution in [3.63, 3.8) is 0 Å². The van der Waals surface area contributed by atoms with Crippen molar-refractivity contribution in [1.29, 1.82) is 0 Å². The second-order valence-corrected chi connectivity index (χ2v) is 12.6. The van der Waals surface area contributed by atoms with Crippen LogP contribution in [0.2, 0.25) is 0 Å². The van der Waals surface area contributed by atoms with Gasteiger partial charge in [-0.05, 0) is 48.4 Å². The van der Waals surface area contributed by atoms with E-state index in [2.05, 4.69) is 13.8 Å². The van der Waals surface area contributed by atoms with Gasteiger partial charge in [-0.2, -0.15) is 0 Å². The number of ether oxygens (including phenoxy) is 7. The van der Waals surface area contributed by atoms with Crippen molar-refractivity contribution in [1.82, 2.24) is 0 Å². The largest absolute Gasteiger partial charge is 0.497 e. The van der Waals surface area contributed by atoms with Gasteiger partial charge in [-0.1, -0.05) is 26.0 Å². The highest BCUT2D eigenvalue weighted by atomic mass is 16.5. The zero-order chi connectivity index (χ0) is 35.1. The number of rotatable bonds is 6. The molecule has 0 aliphatic carbocycles. The summed E-state index contributed by atoms with van der Waals surface area (Å²) in [4.78, 5) is 25.7. The van der Waals surface area contributed by atoms with E-state index in [9.17, 15) is 9.59 Å². The number of Topliss-reactive ketones (excluding diaryl/α,β-unsaturated/α-hetero) is 1. The summed E-state index contributed by atoms with van der Waals surface area (Å²) in [6.07, 6.45) is 0.474. The Kier molecular flexibility index (Phi) is 8.78. The molecule has 8 rings (SSSR count). The molecule has 5 aromatic rings. The molecule has 50 heavy (non-hydrogen) atoms. The van der Waals surface area contributed by atoms with E-state index >= 15 is 0 Å². The smallest absolute Gasteiger partial charge is 0.193 e. The van der Waals surface area contributed by atoms with Gasteiger partial charge >= 0.3 is 0 Å². The summed E-state index contributed by atoms with van der Waals surface area (Å²) in [5.74, 6) is 5.10. The van der Waals surface area contributed by atoms with Crippen LogP contribution in [0.5, 0.6) is 40.2 Å². The Labute approximate surface area is 289 Å². The van der Waals surface area contributed by atoms with Crippen molar-refractivity contribution in [2.24, 2.45) is 5.92 Å². The lowest BCUT2D eigenvalue weighted by Crippen LogP contribution is -2.43. The van der Waals surface area contributed by atoms with Crippen LogP contribution in [0.3, 0.4) is 0 Å². The van der Waals surface area contributed by atoms with Crippen molar-refractivity contribution in [3.8, 4) is 51.6 Å². The minimum absolute atomic E-state index is 0.0452. The van der Waals surface area contributed by atoms with Gasteiger partial charge in [0.15, 0.2) is 22.7 Å². The Morgan fingerprint density at radius 2 is 1.52 bits per heavy atom. The molecule has 10 heteroatoms. The third-order valence-electron chi connectivity index (χ3n) is 9.38. The lowest BCUT2D eigenvalue weighted by Gasteiger charge is -2.37. The predicted octanol–water partition coefficient (Wildman–Crippen LogP) is 7.26. The highest BCUT2D eigenvalue weighted by molar-refractivity contribution is 6.06. The van der Waals surface area contributed by atoms with E-state index in [1.165, 1.54) is 6.07 Å². The monoisotopic (exact) mass is 678 g/mol. The van der Waals surface area contributed by atoms with Crippen molar-refractivity contribution >= 4 is 16.8 Å². The van der Waals surface area contributed by atoms with Crippen molar-refractivity contribution in [2.45, 2.75) is 38.4 Å². The van der Waals surface area contributed by atoms with E-state index in [-0.39, 0.29) is 23.4 Å². The van der Waals surface area contributed by atoms with Gasteiger partial charge < -0.3 is 37.6 Å². The summed E-state index contributed by atoms with van der Waals surface area (Å²) >= 11 is 0. The average Bonchev–Trinajstić information content (AvgIpc) is 3.60. The van der Waals surface area contributed by atoms with Gasteiger partial charge in [-0.25, -0.2) is 0 Å². The average molecular weight is 679 g/mol. The second-order valence-electron chi connectivity index (χ2n) is 12.6. The van der Waals surface area contributed by atoms with Crippen LogP contribution in [0.1, 0.15) is 41.3 Å². The summed E-state index contributed by atoms with van der Waals surface area (Å²) in [6, 6.07) is 21.3. The zero-order valence-electron chi connectivity index (χ0n) is 28.7. The molecule has 3 aliphatic rings. The van der Waals surface area contributed by atoms with E-state index in [0.717, 1.165) is 28.9 Å². The number of ketones is 1. The Morgan fingerprint density at radius 1 is 0.760 bits per heavy atom. The summed E-state index contributed by atoms with van der Waals surface area (Å²) in [6.45, 7) is 4.58. The number of hydrogen-bond donors (Lipinski definition) is 0. The van der Waals surface area contributed by atoms with Crippen LogP contribution in [0.25, 0.3) is 22.3 Å². The number of hydrogen-bond acceptors (Lipinski definition) is 10. The topological polar surface area (TPSA) is 112 Å². The molecular weight excluding hydrogens is 640 g/mol. The zero-order valence-corrected chi connectivity index (χ0v) is 28.7. The molecule has 0 N–H and O–H groups in total. The van der Waals surface area contributed by atoms with E-state index in [4.69, 9.17) is 37.6 Å². The first kappa shape index (κ1) is 32.9. The molecule has 0 radical (unpaired) electrons. The second kappa shape index (κ2) is 13.3. The standard InChI is InChI=1S/C23H24O6.C17H14O4/c1-11(2)16-8-14-15(28-16)6-5-12-22(24)21-13-7-18(25-3)19(26-4)9-17(13)27-10-20(21)29-23(12)14;1-19-12-5-3-4-11(8-12)16-10-15(18)14-7-6-13(20-2)9-17(14)21-16/h5-7,9,11,16,20-21H,8,10H2,1-4H3;3-10H,1-2H3. The molecule has 0 spiro atoms. The van der Waals surface area contributed by atoms with E-state index in [1.54, 1.807) is 52.7 Å². The molecule has 1 aromatic heterocycles. The van der Waals surface area contributed by atoms with E-state index in [0.29, 0.717) is 69.3 Å². The first-order valence-corrected chi connectivity index (χ1v) is 16.4. The van der Waals surface area contributed by atoms with Crippen LogP contribution in [0, 0.1) is 5.92 Å². The molecule has 0 saturated carbocycles. The highest BCUT2D eigenvalue weighted by Crippen LogP contribution is 2.50. The Morgan fingerprint density at radius 3 is 2.26 bits per heavy atom. The SMILES string of the molecule is COc1cc2c(cc1OC)C1C(=O)c3ccc4c(c3OC1CO2)CC(C(C)C)O4.COc1cccc(-c2cc(=O)c3ccc(OC)cc3o2)c1. The first-order chi connectivity index (χ1) is 24.2. The summed E-state index contributed by atoms with van der Waals surface area (Å²) < 4.78 is 45.4. The van der Waals surface area contributed by atoms with Gasteiger partial charge in [0.05, 0.1) is 45.3 Å². The maximum atomic E-state index is 13.5. The maximum absolute atomic E-state index is 13.5. The molecular formula is C40H38O10. The van der Waals surface area contributed by atoms with Crippen LogP contribution in [-0.2, 0) is 6.42 Å². The van der Waals surface area contributed by atoms with Crippen LogP contribution < -0.4 is 38.6 Å². The molecule has 0 amide bonds. The lowest BCUT2D eigenvalue weighted by molar-refractivity contribution is 0.0554. The molecule has 0 saturated heterocycles. The molecule has 3 atom stereocenters. The van der Waals surface area contributed by atoms with Gasteiger partial charge in [0.25, 0.3) is 0 Å². The normalized spacial score (nSPS) is 18.2. The Bertz CT molecular complexity index is 2150. The van der Waals surface area contributed by atoms with Crippen LogP contribution in [0.15, 0.2) is 82.0 Å². The Balaban J connectivity index is 0.000000166. The number of methoxy groups -OCH3 is 4. The quantitative estimate of drug-likeness (QED) is 0.182. The first-order valence-electron chi connectivity index (χ1n) is 16.4. The molecule has 0 bridgehead atoms. The maximum Gasteiger partial charge on any atom is 0.193 e. The van der Waals surface area contributed by atoms with Gasteiger partial charge in [-0.3, -0.25) is 9.59 Å². The van der Waals surface area contributed by atoms with Crippen LogP contribution in [-0.4, -0.2) is 53.0 Å². The number of fused-ring (bicyclic) bond motifs is 7. The number of benzene rings is 4. The Hall–Kier alpha value is -5.64. The van der Waals surface area contributed by atoms with E-state index in [1.807, 2.05) is 42.5 Å². The number of carbonyl (C=O) groups excluding carboxylic acids is 1. The molecule has 0 fully saturated rings. The van der Waals surface area contributed by atoms with Crippen LogP contribution in [0.4, 0.5) is 0 Å². The molecule has 3 unspecified atom stereocenters. The molecule has 258 valence electrons. The third kappa shape index (κ3) is 5.84. The van der Waals surface area contributed by atoms with Crippen molar-refractivity contribution in [2.75, 3.05) is 35.0 Å². The van der Waals surface area contributed by atoms with Gasteiger partial charge in [0.2, 0.25) is 0 Å². The molecule has 3 aliphatic heterocycles. The fourth-order valence-electron chi connectivity index (χ4n) is 6.64. The molecule has 10 nitrogen and oxygen atoms in total. The summed E-state index contributed by atoms with van der Waals surface area (Å²) in [7, 11) is 6.33. The van der Waals surface area contributed by atoms with Crippen molar-refractivity contribution < 1.29 is 42.4 Å². The summed E-state index contributed by atoms with van der Waals surface area (Å²) in [5.41, 5.74) is 3.57. The van der Waals surface area contributed by atoms with Gasteiger partial charge in [0.1, 0.15) is 58.9 Å². The lowest BCUT2D eigenvalue weighted by atomic mass is 9.81. The predicted molar refractivity (Wildman–Crippen MR) is 187 cm³/mol. The van der Waals surface area contributed by atoms with Gasteiger partial charge in [-0.15, -0.1) is 0 Å². The third-order valence-corrected chi connectivity index (χ3v) is 9.38. The minimum Gasteiger partial charge on any atom is -0.497 e. The fourth-order valence-corrected chi connectivity index (χ4v) is 6.64. The van der Waals surface area contributed by atoms with Crippen molar-refractivity contribution in [3.05, 3.63) is 99.7 Å². The number of carbonyl (C=O) groups is 1. The molecule has 4 heterocycles. The summed E-state index contributed by atoms with van der Waals surface area (Å²) in [5, 5.41) is 0.530. The fraction of sp³-hybridized carbons (Fsp3) is 0.300. The minimum atomic E-state index is -0.438.